The van der Waals surface area contributed by atoms with Crippen LogP contribution in [0.1, 0.15) is 11.3 Å². The van der Waals surface area contributed by atoms with Crippen molar-refractivity contribution in [3.8, 4) is 11.5 Å². The highest BCUT2D eigenvalue weighted by atomic mass is 16.5. The molecular formula is C21H21N2O+. The lowest BCUT2D eigenvalue weighted by Crippen LogP contribution is -2.39. The fraction of sp³-hybridized carbons (Fsp3) is 0.0952. The maximum absolute atomic E-state index is 5.81. The number of pyridine rings is 1. The Labute approximate surface area is 142 Å². The molecule has 0 unspecified atom stereocenters. The number of hydrogen-bond acceptors (Lipinski definition) is 2. The summed E-state index contributed by atoms with van der Waals surface area (Å²) in [5, 5.41) is 0. The summed E-state index contributed by atoms with van der Waals surface area (Å²) < 4.78 is 7.95. The second-order valence-corrected chi connectivity index (χ2v) is 5.43. The third kappa shape index (κ3) is 4.31. The van der Waals surface area contributed by atoms with Crippen molar-refractivity contribution in [3.05, 3.63) is 90.3 Å². The quantitative estimate of drug-likeness (QED) is 0.700. The van der Waals surface area contributed by atoms with Gasteiger partial charge < -0.3 is 10.5 Å². The van der Waals surface area contributed by atoms with Gasteiger partial charge in [0.05, 0.1) is 6.54 Å². The molecule has 0 radical (unpaired) electrons. The fourth-order valence-electron chi connectivity index (χ4n) is 2.44. The molecule has 3 heteroatoms. The van der Waals surface area contributed by atoms with Gasteiger partial charge in [0.25, 0.3) is 0 Å². The molecule has 1 aromatic heterocycles. The minimum atomic E-state index is 0.626. The number of ether oxygens (including phenoxy) is 1. The topological polar surface area (TPSA) is 39.1 Å². The minimum Gasteiger partial charge on any atom is -0.457 e. The van der Waals surface area contributed by atoms with Crippen molar-refractivity contribution in [1.82, 2.24) is 0 Å². The van der Waals surface area contributed by atoms with Crippen LogP contribution in [0.25, 0.3) is 12.2 Å². The van der Waals surface area contributed by atoms with Gasteiger partial charge >= 0.3 is 0 Å². The van der Waals surface area contributed by atoms with Crippen LogP contribution in [0, 0.1) is 0 Å². The van der Waals surface area contributed by atoms with Crippen LogP contribution in [0.4, 0.5) is 0 Å². The third-order valence-electron chi connectivity index (χ3n) is 3.65. The zero-order chi connectivity index (χ0) is 16.6. The number of aromatic nitrogens is 1. The van der Waals surface area contributed by atoms with Crippen molar-refractivity contribution in [1.29, 1.82) is 0 Å². The lowest BCUT2D eigenvalue weighted by atomic mass is 10.2. The van der Waals surface area contributed by atoms with Crippen LogP contribution in [0.5, 0.6) is 11.5 Å². The molecule has 0 aliphatic heterocycles. The Hall–Kier alpha value is -2.91. The van der Waals surface area contributed by atoms with E-state index in [0.29, 0.717) is 6.54 Å². The highest BCUT2D eigenvalue weighted by Gasteiger charge is 2.04. The van der Waals surface area contributed by atoms with Gasteiger partial charge in [-0.15, -0.1) is 0 Å². The first-order chi connectivity index (χ1) is 11.8. The first kappa shape index (κ1) is 16.0. The molecule has 0 saturated heterocycles. The Kier molecular flexibility index (Phi) is 5.38. The molecule has 0 aliphatic rings. The molecule has 2 N–H and O–H groups in total. The van der Waals surface area contributed by atoms with Crippen molar-refractivity contribution in [2.75, 3.05) is 6.54 Å². The van der Waals surface area contributed by atoms with Gasteiger partial charge in [-0.25, -0.2) is 0 Å². The molecule has 120 valence electrons. The number of benzene rings is 2. The van der Waals surface area contributed by atoms with Gasteiger partial charge in [-0.1, -0.05) is 30.3 Å². The molecule has 0 fully saturated rings. The summed E-state index contributed by atoms with van der Waals surface area (Å²) in [5.41, 5.74) is 7.91. The molecule has 3 rings (SSSR count). The van der Waals surface area contributed by atoms with Gasteiger partial charge in [-0.3, -0.25) is 0 Å². The molecule has 24 heavy (non-hydrogen) atoms. The van der Waals surface area contributed by atoms with Gasteiger partial charge in [0, 0.05) is 18.2 Å². The Bertz CT molecular complexity index is 796. The van der Waals surface area contributed by atoms with Crippen molar-refractivity contribution in [2.24, 2.45) is 5.73 Å². The molecule has 3 aromatic rings. The molecule has 0 atom stereocenters. The highest BCUT2D eigenvalue weighted by molar-refractivity contribution is 5.67. The first-order valence-corrected chi connectivity index (χ1v) is 8.05. The zero-order valence-corrected chi connectivity index (χ0v) is 13.5. The predicted octanol–water partition coefficient (Wildman–Crippen LogP) is 3.90. The van der Waals surface area contributed by atoms with Crippen LogP contribution >= 0.6 is 0 Å². The summed E-state index contributed by atoms with van der Waals surface area (Å²) in [6.45, 7) is 1.44. The van der Waals surface area contributed by atoms with E-state index in [-0.39, 0.29) is 0 Å². The van der Waals surface area contributed by atoms with E-state index in [1.807, 2.05) is 72.9 Å². The molecule has 0 aliphatic carbocycles. The number of para-hydroxylation sites is 1. The Morgan fingerprint density at radius 1 is 0.792 bits per heavy atom. The monoisotopic (exact) mass is 317 g/mol. The van der Waals surface area contributed by atoms with E-state index in [0.717, 1.165) is 29.3 Å². The van der Waals surface area contributed by atoms with Gasteiger partial charge in [0.2, 0.25) is 5.69 Å². The molecule has 1 heterocycles. The van der Waals surface area contributed by atoms with Gasteiger partial charge in [-0.2, -0.15) is 4.57 Å². The van der Waals surface area contributed by atoms with Gasteiger partial charge in [-0.05, 0) is 42.0 Å². The van der Waals surface area contributed by atoms with E-state index in [1.54, 1.807) is 0 Å². The van der Waals surface area contributed by atoms with Crippen molar-refractivity contribution in [2.45, 2.75) is 6.54 Å². The van der Waals surface area contributed by atoms with Crippen molar-refractivity contribution >= 4 is 12.2 Å². The number of nitrogens with two attached hydrogens (primary N) is 1. The Morgan fingerprint density at radius 3 is 2.25 bits per heavy atom. The predicted molar refractivity (Wildman–Crippen MR) is 97.6 cm³/mol. The van der Waals surface area contributed by atoms with Gasteiger partial charge in [0.1, 0.15) is 11.5 Å². The summed E-state index contributed by atoms with van der Waals surface area (Å²) in [7, 11) is 0. The van der Waals surface area contributed by atoms with Crippen LogP contribution in [0.2, 0.25) is 0 Å². The molecule has 0 spiro atoms. The van der Waals surface area contributed by atoms with Crippen LogP contribution < -0.4 is 15.0 Å². The van der Waals surface area contributed by atoms with E-state index < -0.39 is 0 Å². The summed E-state index contributed by atoms with van der Waals surface area (Å²) in [4.78, 5) is 0. The van der Waals surface area contributed by atoms with Crippen molar-refractivity contribution in [3.63, 3.8) is 0 Å². The number of nitrogens with zero attached hydrogens (tertiary/aromatic N) is 1. The molecule has 3 nitrogen and oxygen atoms in total. The lowest BCUT2D eigenvalue weighted by Gasteiger charge is -2.05. The lowest BCUT2D eigenvalue weighted by molar-refractivity contribution is -0.696. The number of hydrogen-bond donors (Lipinski definition) is 1. The number of rotatable bonds is 6. The van der Waals surface area contributed by atoms with Crippen LogP contribution in [-0.4, -0.2) is 6.54 Å². The van der Waals surface area contributed by atoms with Crippen molar-refractivity contribution < 1.29 is 9.30 Å². The standard InChI is InChI=1S/C21H21N2O/c22-15-17-23-16-5-4-6-19(23)12-9-18-10-13-21(14-11-18)24-20-7-2-1-3-8-20/h1-14,16H,15,17,22H2/q+1/b12-9+. The van der Waals surface area contributed by atoms with E-state index in [1.165, 1.54) is 0 Å². The molecule has 2 aromatic carbocycles. The van der Waals surface area contributed by atoms with E-state index >= 15 is 0 Å². The average molecular weight is 317 g/mol. The second-order valence-electron chi connectivity index (χ2n) is 5.43. The summed E-state index contributed by atoms with van der Waals surface area (Å²) in [6, 6.07) is 24.0. The maximum atomic E-state index is 5.81. The summed E-state index contributed by atoms with van der Waals surface area (Å²) >= 11 is 0. The summed E-state index contributed by atoms with van der Waals surface area (Å²) in [6.07, 6.45) is 6.24. The second kappa shape index (κ2) is 8.09. The first-order valence-electron chi connectivity index (χ1n) is 8.05. The Balaban J connectivity index is 1.70. The molecular weight excluding hydrogens is 296 g/mol. The maximum Gasteiger partial charge on any atom is 0.205 e. The normalized spacial score (nSPS) is 10.9. The molecule has 0 saturated carbocycles. The minimum absolute atomic E-state index is 0.626. The molecule has 0 amide bonds. The van der Waals surface area contributed by atoms with E-state index in [9.17, 15) is 0 Å². The SMILES string of the molecule is NCC[n+]1ccccc1/C=C/c1ccc(Oc2ccccc2)cc1. The average Bonchev–Trinajstić information content (AvgIpc) is 2.63. The third-order valence-corrected chi connectivity index (χ3v) is 3.65. The van der Waals surface area contributed by atoms with Crippen LogP contribution in [0.15, 0.2) is 79.0 Å². The zero-order valence-electron chi connectivity index (χ0n) is 13.5. The van der Waals surface area contributed by atoms with E-state index in [2.05, 4.69) is 22.8 Å². The molecule has 0 bridgehead atoms. The van der Waals surface area contributed by atoms with Crippen LogP contribution in [-0.2, 0) is 6.54 Å². The smallest absolute Gasteiger partial charge is 0.205 e. The summed E-state index contributed by atoms with van der Waals surface area (Å²) in [5.74, 6) is 1.67. The van der Waals surface area contributed by atoms with E-state index in [4.69, 9.17) is 10.5 Å². The Morgan fingerprint density at radius 2 is 1.50 bits per heavy atom. The van der Waals surface area contributed by atoms with Crippen LogP contribution in [0.3, 0.4) is 0 Å². The largest absolute Gasteiger partial charge is 0.457 e. The fourth-order valence-corrected chi connectivity index (χ4v) is 2.44. The highest BCUT2D eigenvalue weighted by Crippen LogP contribution is 2.21. The van der Waals surface area contributed by atoms with Gasteiger partial charge in [0.15, 0.2) is 12.7 Å².